The van der Waals surface area contributed by atoms with E-state index < -0.39 is 0 Å². The van der Waals surface area contributed by atoms with E-state index in [4.69, 9.17) is 5.53 Å². The molecular weight excluding hydrogens is 138 g/mol. The van der Waals surface area contributed by atoms with Gasteiger partial charge in [0.25, 0.3) is 0 Å². The SMILES string of the molecule is [N-]=[N+]=NCCCC1=CCC=C1. The summed E-state index contributed by atoms with van der Waals surface area (Å²) in [5.74, 6) is 0. The molecule has 0 atom stereocenters. The first-order valence-electron chi connectivity index (χ1n) is 3.80. The molecule has 0 unspecified atom stereocenters. The molecule has 0 amide bonds. The highest BCUT2D eigenvalue weighted by molar-refractivity contribution is 5.25. The first kappa shape index (κ1) is 7.89. The Morgan fingerprint density at radius 3 is 3.18 bits per heavy atom. The molecule has 1 rings (SSSR count). The zero-order valence-corrected chi connectivity index (χ0v) is 6.40. The Bertz CT molecular complexity index is 221. The van der Waals surface area contributed by atoms with Crippen molar-refractivity contribution in [3.05, 3.63) is 34.2 Å². The third kappa shape index (κ3) is 2.92. The van der Waals surface area contributed by atoms with E-state index in [0.29, 0.717) is 6.54 Å². The van der Waals surface area contributed by atoms with Crippen LogP contribution in [-0.2, 0) is 0 Å². The van der Waals surface area contributed by atoms with Crippen LogP contribution >= 0.6 is 0 Å². The number of nitrogens with zero attached hydrogens (tertiary/aromatic N) is 3. The molecule has 1 aliphatic rings. The lowest BCUT2D eigenvalue weighted by Crippen LogP contribution is -1.80. The van der Waals surface area contributed by atoms with Crippen LogP contribution in [0.2, 0.25) is 0 Å². The fourth-order valence-corrected chi connectivity index (χ4v) is 1.09. The van der Waals surface area contributed by atoms with Gasteiger partial charge in [0.05, 0.1) is 0 Å². The quantitative estimate of drug-likeness (QED) is 0.255. The Kier molecular flexibility index (Phi) is 3.29. The van der Waals surface area contributed by atoms with Crippen LogP contribution < -0.4 is 0 Å². The summed E-state index contributed by atoms with van der Waals surface area (Å²) in [6, 6.07) is 0. The molecule has 0 N–H and O–H groups in total. The van der Waals surface area contributed by atoms with Crippen molar-refractivity contribution in [2.24, 2.45) is 5.11 Å². The van der Waals surface area contributed by atoms with Crippen LogP contribution in [0.3, 0.4) is 0 Å². The molecule has 0 radical (unpaired) electrons. The van der Waals surface area contributed by atoms with Gasteiger partial charge in [-0.1, -0.05) is 28.9 Å². The van der Waals surface area contributed by atoms with Crippen LogP contribution in [0.15, 0.2) is 28.9 Å². The van der Waals surface area contributed by atoms with Gasteiger partial charge in [0.15, 0.2) is 0 Å². The average Bonchev–Trinajstić information content (AvgIpc) is 2.50. The first-order valence-corrected chi connectivity index (χ1v) is 3.80. The normalized spacial score (nSPS) is 14.4. The van der Waals surface area contributed by atoms with Crippen molar-refractivity contribution in [1.29, 1.82) is 0 Å². The largest absolute Gasteiger partial charge is 0.0940 e. The molecule has 58 valence electrons. The molecule has 3 nitrogen and oxygen atoms in total. The van der Waals surface area contributed by atoms with Crippen LogP contribution in [0, 0.1) is 0 Å². The van der Waals surface area contributed by atoms with Gasteiger partial charge in [-0.15, -0.1) is 0 Å². The van der Waals surface area contributed by atoms with E-state index in [1.165, 1.54) is 5.57 Å². The van der Waals surface area contributed by atoms with Gasteiger partial charge < -0.3 is 0 Å². The van der Waals surface area contributed by atoms with Crippen molar-refractivity contribution in [2.45, 2.75) is 19.3 Å². The molecule has 0 saturated carbocycles. The predicted molar refractivity (Wildman–Crippen MR) is 45.1 cm³/mol. The summed E-state index contributed by atoms with van der Waals surface area (Å²) in [6.07, 6.45) is 9.54. The number of allylic oxidation sites excluding steroid dienone is 4. The Balaban J connectivity index is 2.12. The minimum absolute atomic E-state index is 0.613. The highest BCUT2D eigenvalue weighted by Crippen LogP contribution is 2.14. The van der Waals surface area contributed by atoms with Crippen LogP contribution in [0.1, 0.15) is 19.3 Å². The van der Waals surface area contributed by atoms with E-state index in [1.54, 1.807) is 0 Å². The van der Waals surface area contributed by atoms with Crippen molar-refractivity contribution < 1.29 is 0 Å². The molecule has 0 bridgehead atoms. The minimum Gasteiger partial charge on any atom is -0.0940 e. The molecule has 0 aromatic rings. The van der Waals surface area contributed by atoms with Gasteiger partial charge in [-0.3, -0.25) is 0 Å². The molecule has 0 aromatic carbocycles. The maximum Gasteiger partial charge on any atom is 0.0261 e. The van der Waals surface area contributed by atoms with Crippen molar-refractivity contribution in [3.63, 3.8) is 0 Å². The average molecular weight is 149 g/mol. The van der Waals surface area contributed by atoms with Gasteiger partial charge in [0.1, 0.15) is 0 Å². The Morgan fingerprint density at radius 2 is 2.55 bits per heavy atom. The monoisotopic (exact) mass is 149 g/mol. The molecule has 0 aromatic heterocycles. The summed E-state index contributed by atoms with van der Waals surface area (Å²) in [5, 5.41) is 3.46. The maximum atomic E-state index is 7.99. The van der Waals surface area contributed by atoms with Gasteiger partial charge in [0, 0.05) is 11.5 Å². The highest BCUT2D eigenvalue weighted by Gasteiger charge is 1.95. The zero-order chi connectivity index (χ0) is 7.94. The fraction of sp³-hybridized carbons (Fsp3) is 0.500. The number of rotatable bonds is 4. The van der Waals surface area contributed by atoms with E-state index in [9.17, 15) is 0 Å². The smallest absolute Gasteiger partial charge is 0.0261 e. The number of hydrogen-bond donors (Lipinski definition) is 0. The number of hydrogen-bond acceptors (Lipinski definition) is 1. The third-order valence-electron chi connectivity index (χ3n) is 1.63. The molecule has 0 aliphatic heterocycles. The van der Waals surface area contributed by atoms with E-state index in [0.717, 1.165) is 19.3 Å². The van der Waals surface area contributed by atoms with Crippen molar-refractivity contribution >= 4 is 0 Å². The van der Waals surface area contributed by atoms with Crippen molar-refractivity contribution in [2.75, 3.05) is 6.54 Å². The van der Waals surface area contributed by atoms with Crippen molar-refractivity contribution in [3.8, 4) is 0 Å². The van der Waals surface area contributed by atoms with Crippen LogP contribution in [0.5, 0.6) is 0 Å². The highest BCUT2D eigenvalue weighted by atomic mass is 15.1. The molecule has 11 heavy (non-hydrogen) atoms. The second-order valence-electron chi connectivity index (χ2n) is 2.48. The van der Waals surface area contributed by atoms with Gasteiger partial charge in [0.2, 0.25) is 0 Å². The number of azide groups is 1. The lowest BCUT2D eigenvalue weighted by molar-refractivity contribution is 0.831. The van der Waals surface area contributed by atoms with Gasteiger partial charge in [-0.05, 0) is 24.8 Å². The molecule has 0 heterocycles. The molecule has 0 spiro atoms. The van der Waals surface area contributed by atoms with Gasteiger partial charge >= 0.3 is 0 Å². The molecule has 3 heteroatoms. The summed E-state index contributed by atoms with van der Waals surface area (Å²) in [7, 11) is 0. The molecular formula is C8H11N3. The third-order valence-corrected chi connectivity index (χ3v) is 1.63. The lowest BCUT2D eigenvalue weighted by Gasteiger charge is -1.94. The van der Waals surface area contributed by atoms with Crippen LogP contribution in [-0.4, -0.2) is 6.54 Å². The van der Waals surface area contributed by atoms with Gasteiger partial charge in [-0.2, -0.15) is 0 Å². The first-order chi connectivity index (χ1) is 5.43. The van der Waals surface area contributed by atoms with Gasteiger partial charge in [-0.25, -0.2) is 0 Å². The molecule has 1 aliphatic carbocycles. The standard InChI is InChI=1S/C8H11N3/c9-11-10-7-3-6-8-4-1-2-5-8/h1,4-5H,2-3,6-7H2. The second kappa shape index (κ2) is 4.58. The van der Waals surface area contributed by atoms with E-state index in [-0.39, 0.29) is 0 Å². The summed E-state index contributed by atoms with van der Waals surface area (Å²) >= 11 is 0. The maximum absolute atomic E-state index is 7.99. The second-order valence-corrected chi connectivity index (χ2v) is 2.48. The van der Waals surface area contributed by atoms with Crippen molar-refractivity contribution in [1.82, 2.24) is 0 Å². The molecule has 0 saturated heterocycles. The van der Waals surface area contributed by atoms with E-state index >= 15 is 0 Å². The lowest BCUT2D eigenvalue weighted by atomic mass is 10.1. The Morgan fingerprint density at radius 1 is 1.64 bits per heavy atom. The predicted octanol–water partition coefficient (Wildman–Crippen LogP) is 2.96. The summed E-state index contributed by atoms with van der Waals surface area (Å²) in [4.78, 5) is 2.69. The van der Waals surface area contributed by atoms with Crippen LogP contribution in [0.25, 0.3) is 10.4 Å². The topological polar surface area (TPSA) is 48.8 Å². The Labute approximate surface area is 66.0 Å². The van der Waals surface area contributed by atoms with Crippen LogP contribution in [0.4, 0.5) is 0 Å². The molecule has 0 fully saturated rings. The zero-order valence-electron chi connectivity index (χ0n) is 6.40. The fourth-order valence-electron chi connectivity index (χ4n) is 1.09. The Hall–Kier alpha value is -1.21. The van der Waals surface area contributed by atoms with E-state index in [2.05, 4.69) is 28.3 Å². The summed E-state index contributed by atoms with van der Waals surface area (Å²) < 4.78 is 0. The minimum atomic E-state index is 0.613. The summed E-state index contributed by atoms with van der Waals surface area (Å²) in [6.45, 7) is 0.613. The summed E-state index contributed by atoms with van der Waals surface area (Å²) in [5.41, 5.74) is 9.36. The van der Waals surface area contributed by atoms with E-state index in [1.807, 2.05) is 0 Å².